The van der Waals surface area contributed by atoms with Crippen molar-refractivity contribution in [2.24, 2.45) is 5.92 Å². The zero-order valence-electron chi connectivity index (χ0n) is 25.7. The van der Waals surface area contributed by atoms with Gasteiger partial charge < -0.3 is 28.2 Å². The molecule has 2 aliphatic heterocycles. The Morgan fingerprint density at radius 1 is 1.02 bits per heavy atom. The van der Waals surface area contributed by atoms with Crippen LogP contribution in [0, 0.1) is 5.92 Å². The Bertz CT molecular complexity index is 1920. The molecule has 47 heavy (non-hydrogen) atoms. The summed E-state index contributed by atoms with van der Waals surface area (Å²) in [7, 11) is 2.91. The first kappa shape index (κ1) is 30.9. The second-order valence-corrected chi connectivity index (χ2v) is 11.7. The summed E-state index contributed by atoms with van der Waals surface area (Å²) in [4.78, 5) is 30.8. The molecule has 1 unspecified atom stereocenters. The van der Waals surface area contributed by atoms with Crippen LogP contribution in [0.3, 0.4) is 0 Å². The minimum absolute atomic E-state index is 0.104. The quantitative estimate of drug-likeness (QED) is 0.236. The van der Waals surface area contributed by atoms with Crippen molar-refractivity contribution >= 4 is 27.8 Å². The average molecular weight is 652 g/mol. The molecule has 3 aromatic heterocycles. The molecule has 2 aromatic carbocycles. The molecule has 246 valence electrons. The maximum absolute atomic E-state index is 14.2. The van der Waals surface area contributed by atoms with Crippen LogP contribution >= 0.6 is 0 Å². The number of methoxy groups -OCH3 is 2. The summed E-state index contributed by atoms with van der Waals surface area (Å²) in [6, 6.07) is 13.1. The van der Waals surface area contributed by atoms with Crippen molar-refractivity contribution in [3.05, 3.63) is 60.2 Å². The van der Waals surface area contributed by atoms with Gasteiger partial charge in [-0.2, -0.15) is 18.2 Å². The van der Waals surface area contributed by atoms with E-state index in [4.69, 9.17) is 18.7 Å². The Morgan fingerprint density at radius 2 is 1.87 bits per heavy atom. The van der Waals surface area contributed by atoms with Crippen molar-refractivity contribution in [3.63, 3.8) is 0 Å². The predicted octanol–water partition coefficient (Wildman–Crippen LogP) is 4.59. The largest absolute Gasteiger partial charge is 0.497 e. The van der Waals surface area contributed by atoms with E-state index >= 15 is 0 Å². The van der Waals surface area contributed by atoms with Crippen LogP contribution in [0.1, 0.15) is 24.1 Å². The molecule has 0 spiro atoms. The second-order valence-electron chi connectivity index (χ2n) is 11.7. The molecule has 15 heteroatoms. The van der Waals surface area contributed by atoms with Crippen molar-refractivity contribution in [1.29, 1.82) is 0 Å². The van der Waals surface area contributed by atoms with E-state index in [0.29, 0.717) is 49.4 Å². The maximum atomic E-state index is 14.2. The number of imidazole rings is 1. The van der Waals surface area contributed by atoms with Crippen molar-refractivity contribution in [2.45, 2.75) is 25.2 Å². The highest BCUT2D eigenvalue weighted by molar-refractivity contribution is 5.85. The number of hydrogen-bond donors (Lipinski definition) is 0. The lowest BCUT2D eigenvalue weighted by atomic mass is 10.1. The molecule has 2 saturated heterocycles. The third-order valence-corrected chi connectivity index (χ3v) is 8.68. The van der Waals surface area contributed by atoms with E-state index in [0.717, 1.165) is 28.4 Å². The fraction of sp³-hybridized carbons (Fsp3) is 0.406. The van der Waals surface area contributed by atoms with Crippen LogP contribution in [0.15, 0.2) is 53.1 Å². The summed E-state index contributed by atoms with van der Waals surface area (Å²) in [6.45, 7) is 2.64. The number of fused-ring (bicyclic) bond motifs is 2. The first-order valence-electron chi connectivity index (χ1n) is 15.2. The number of rotatable bonds is 8. The zero-order valence-corrected chi connectivity index (χ0v) is 25.7. The summed E-state index contributed by atoms with van der Waals surface area (Å²) in [5, 5.41) is 5.11. The van der Waals surface area contributed by atoms with Gasteiger partial charge in [-0.15, -0.1) is 0 Å². The summed E-state index contributed by atoms with van der Waals surface area (Å²) in [5.41, 5.74) is 1.45. The molecule has 5 aromatic rings. The van der Waals surface area contributed by atoms with E-state index in [2.05, 4.69) is 25.0 Å². The van der Waals surface area contributed by atoms with Crippen LogP contribution in [-0.4, -0.2) is 94.0 Å². The number of amides is 1. The standard InChI is InChI=1S/C32H32F3N7O5/c1-44-21-7-8-24-25(14-21)42(31(37-24)32(33,34)35)17-27(43)41-11-10-40(15-19-9-12-46-18-19)16-26(41)28-38-30(47-39-28)22-13-20-5-3-4-6-23(20)36-29(22)45-2/h3-8,13-14,19,26H,9-12,15-18H2,1-2H3/t19?,26-/m0/s1. The highest BCUT2D eigenvalue weighted by atomic mass is 19.4. The van der Waals surface area contributed by atoms with Crippen LogP contribution in [0.25, 0.3) is 33.4 Å². The number of pyridine rings is 1. The Balaban J connectivity index is 1.23. The number of aromatic nitrogens is 5. The molecule has 0 radical (unpaired) electrons. The lowest BCUT2D eigenvalue weighted by Crippen LogP contribution is -2.52. The normalized spacial score (nSPS) is 19.1. The van der Waals surface area contributed by atoms with Crippen LogP contribution in [-0.2, 0) is 22.3 Å². The lowest BCUT2D eigenvalue weighted by molar-refractivity contribution is -0.148. The van der Waals surface area contributed by atoms with Gasteiger partial charge in [0.05, 0.1) is 37.4 Å². The highest BCUT2D eigenvalue weighted by Gasteiger charge is 2.40. The van der Waals surface area contributed by atoms with E-state index < -0.39 is 30.5 Å². The van der Waals surface area contributed by atoms with Gasteiger partial charge in [0.15, 0.2) is 5.82 Å². The predicted molar refractivity (Wildman–Crippen MR) is 163 cm³/mol. The fourth-order valence-electron chi connectivity index (χ4n) is 6.34. The zero-order chi connectivity index (χ0) is 32.7. The molecule has 0 bridgehead atoms. The van der Waals surface area contributed by atoms with Gasteiger partial charge in [0.25, 0.3) is 5.89 Å². The molecule has 7 rings (SSSR count). The number of nitrogens with zero attached hydrogens (tertiary/aromatic N) is 7. The summed E-state index contributed by atoms with van der Waals surface area (Å²) >= 11 is 0. The molecule has 0 aliphatic carbocycles. The number of halogens is 3. The molecular formula is C32H32F3N7O5. The van der Waals surface area contributed by atoms with Gasteiger partial charge in [-0.1, -0.05) is 23.4 Å². The molecule has 5 heterocycles. The summed E-state index contributed by atoms with van der Waals surface area (Å²) in [6.07, 6.45) is -3.86. The Morgan fingerprint density at radius 3 is 2.64 bits per heavy atom. The van der Waals surface area contributed by atoms with Crippen molar-refractivity contribution < 1.29 is 36.7 Å². The molecular weight excluding hydrogens is 619 g/mol. The number of hydrogen-bond acceptors (Lipinski definition) is 10. The van der Waals surface area contributed by atoms with Gasteiger partial charge in [-0.3, -0.25) is 9.69 Å². The summed E-state index contributed by atoms with van der Waals surface area (Å²) < 4.78 is 65.4. The average Bonchev–Trinajstić information content (AvgIpc) is 3.85. The third kappa shape index (κ3) is 6.07. The third-order valence-electron chi connectivity index (χ3n) is 8.68. The first-order valence-corrected chi connectivity index (χ1v) is 15.2. The topological polar surface area (TPSA) is 121 Å². The van der Waals surface area contributed by atoms with Crippen molar-refractivity contribution in [1.82, 2.24) is 34.5 Å². The smallest absolute Gasteiger partial charge is 0.449 e. The number of piperazine rings is 1. The number of carbonyl (C=O) groups excluding carboxylic acids is 1. The Hall–Kier alpha value is -4.76. The van der Waals surface area contributed by atoms with E-state index in [1.165, 1.54) is 37.3 Å². The minimum atomic E-state index is -4.79. The van der Waals surface area contributed by atoms with Crippen molar-refractivity contribution in [3.8, 4) is 23.1 Å². The van der Waals surface area contributed by atoms with Crippen molar-refractivity contribution in [2.75, 3.05) is 53.6 Å². The van der Waals surface area contributed by atoms with E-state index in [9.17, 15) is 18.0 Å². The fourth-order valence-corrected chi connectivity index (χ4v) is 6.34. The van der Waals surface area contributed by atoms with Crippen LogP contribution in [0.2, 0.25) is 0 Å². The molecule has 1 amide bonds. The van der Waals surface area contributed by atoms with E-state index in [1.807, 2.05) is 30.3 Å². The SMILES string of the molecule is COc1ccc2nc(C(F)(F)F)n(CC(=O)N3CCN(CC4CCOC4)C[C@H]3c3noc(-c4cc5ccccc5nc4OC)n3)c2c1. The van der Waals surface area contributed by atoms with Crippen LogP contribution in [0.5, 0.6) is 11.6 Å². The number of carbonyl (C=O) groups is 1. The van der Waals surface area contributed by atoms with E-state index in [1.54, 1.807) is 0 Å². The number of alkyl halides is 3. The van der Waals surface area contributed by atoms with Gasteiger partial charge in [-0.25, -0.2) is 9.97 Å². The van der Waals surface area contributed by atoms with Crippen LogP contribution in [0.4, 0.5) is 13.2 Å². The lowest BCUT2D eigenvalue weighted by Gasteiger charge is -2.40. The Kier molecular flexibility index (Phi) is 8.18. The van der Waals surface area contributed by atoms with Gasteiger partial charge in [0.1, 0.15) is 23.9 Å². The number of para-hydroxylation sites is 1. The Labute approximate surface area is 267 Å². The molecule has 2 aliphatic rings. The second kappa shape index (κ2) is 12.4. The maximum Gasteiger partial charge on any atom is 0.449 e. The molecule has 2 fully saturated rings. The molecule has 2 atom stereocenters. The van der Waals surface area contributed by atoms with Crippen LogP contribution < -0.4 is 9.47 Å². The van der Waals surface area contributed by atoms with Gasteiger partial charge in [0, 0.05) is 44.2 Å². The molecule has 0 N–H and O–H groups in total. The summed E-state index contributed by atoms with van der Waals surface area (Å²) in [5.74, 6) is -0.347. The molecule has 0 saturated carbocycles. The highest BCUT2D eigenvalue weighted by Crippen LogP contribution is 2.35. The van der Waals surface area contributed by atoms with Gasteiger partial charge in [-0.05, 0) is 36.6 Å². The van der Waals surface area contributed by atoms with E-state index in [-0.39, 0.29) is 29.3 Å². The van der Waals surface area contributed by atoms with Gasteiger partial charge >= 0.3 is 6.18 Å². The minimum Gasteiger partial charge on any atom is -0.497 e. The van der Waals surface area contributed by atoms with Gasteiger partial charge in [0.2, 0.25) is 17.6 Å². The first-order chi connectivity index (χ1) is 22.7. The number of ether oxygens (including phenoxy) is 3. The molecule has 12 nitrogen and oxygen atoms in total. The monoisotopic (exact) mass is 651 g/mol. The number of benzene rings is 2.